The second-order valence-corrected chi connectivity index (χ2v) is 8.72. The number of allylic oxidation sites excluding steroid dienone is 3. The van der Waals surface area contributed by atoms with E-state index in [0.29, 0.717) is 5.39 Å². The van der Waals surface area contributed by atoms with Gasteiger partial charge in [0, 0.05) is 28.2 Å². The Labute approximate surface area is 136 Å². The van der Waals surface area contributed by atoms with E-state index in [-0.39, 0.29) is 11.4 Å². The first-order valence-electron chi connectivity index (χ1n) is 6.78. The number of fused-ring (bicyclic) bond motifs is 1. The van der Waals surface area contributed by atoms with E-state index in [9.17, 15) is 13.2 Å². The fourth-order valence-corrected chi connectivity index (χ4v) is 5.04. The first-order chi connectivity index (χ1) is 10.3. The Hall–Kier alpha value is -1.60. The van der Waals surface area contributed by atoms with Crippen LogP contribution in [0.3, 0.4) is 0 Å². The summed E-state index contributed by atoms with van der Waals surface area (Å²) < 4.78 is 27.2. The summed E-state index contributed by atoms with van der Waals surface area (Å²) in [6.07, 6.45) is 8.20. The summed E-state index contributed by atoms with van der Waals surface area (Å²) in [4.78, 5) is 14.6. The number of aromatic amines is 1. The molecule has 2 heterocycles. The molecule has 0 saturated heterocycles. The van der Waals surface area contributed by atoms with Crippen LogP contribution in [0.1, 0.15) is 13.8 Å². The molecule has 0 radical (unpaired) electrons. The largest absolute Gasteiger partial charge is 0.327 e. The summed E-state index contributed by atoms with van der Waals surface area (Å²) in [7, 11) is -3.80. The summed E-state index contributed by atoms with van der Waals surface area (Å²) in [6.45, 7) is 3.51. The van der Waals surface area contributed by atoms with Gasteiger partial charge in [-0.25, -0.2) is 12.4 Å². The van der Waals surface area contributed by atoms with Gasteiger partial charge in [-0.1, -0.05) is 41.1 Å². The Morgan fingerprint density at radius 1 is 1.36 bits per heavy atom. The van der Waals surface area contributed by atoms with Gasteiger partial charge in [-0.15, -0.1) is 0 Å². The summed E-state index contributed by atoms with van der Waals surface area (Å²) >= 11 is 3.36. The Morgan fingerprint density at radius 2 is 2.09 bits per heavy atom. The lowest BCUT2D eigenvalue weighted by Crippen LogP contribution is -2.44. The number of H-pyrrole nitrogens is 1. The lowest BCUT2D eigenvalue weighted by Gasteiger charge is -2.33. The standard InChI is InChI=1S/C15H15BrN2O3S/c1-10-9-12(16)3-6-15(10,2)22(20,21)18-8-5-11-4-7-17-14(19)13(11)18/h3-10H,1-2H3,(H,17,19). The molecule has 3 rings (SSSR count). The molecule has 1 N–H and O–H groups in total. The molecular formula is C15H15BrN2O3S. The lowest BCUT2D eigenvalue weighted by molar-refractivity contribution is 0.507. The molecule has 2 atom stereocenters. The van der Waals surface area contributed by atoms with Gasteiger partial charge in [0.05, 0.1) is 0 Å². The van der Waals surface area contributed by atoms with E-state index in [0.717, 1.165) is 8.45 Å². The van der Waals surface area contributed by atoms with E-state index in [4.69, 9.17) is 0 Å². The minimum Gasteiger partial charge on any atom is -0.327 e. The molecule has 0 amide bonds. The maximum absolute atomic E-state index is 13.2. The van der Waals surface area contributed by atoms with Crippen LogP contribution < -0.4 is 5.56 Å². The first kappa shape index (κ1) is 15.3. The fraction of sp³-hybridized carbons (Fsp3) is 0.267. The second-order valence-electron chi connectivity index (χ2n) is 5.58. The van der Waals surface area contributed by atoms with E-state index < -0.39 is 20.3 Å². The van der Waals surface area contributed by atoms with Crippen molar-refractivity contribution in [1.82, 2.24) is 8.96 Å². The average molecular weight is 383 g/mol. The van der Waals surface area contributed by atoms with Crippen LogP contribution in [0.2, 0.25) is 0 Å². The summed E-state index contributed by atoms with van der Waals surface area (Å²) in [5, 5.41) is 0.597. The topological polar surface area (TPSA) is 71.9 Å². The number of halogens is 1. The van der Waals surface area contributed by atoms with Gasteiger partial charge in [0.15, 0.2) is 0 Å². The maximum Gasteiger partial charge on any atom is 0.273 e. The molecule has 22 heavy (non-hydrogen) atoms. The van der Waals surface area contributed by atoms with Gasteiger partial charge >= 0.3 is 0 Å². The highest BCUT2D eigenvalue weighted by Gasteiger charge is 2.44. The average Bonchev–Trinajstić information content (AvgIpc) is 2.89. The van der Waals surface area contributed by atoms with Crippen molar-refractivity contribution in [1.29, 1.82) is 0 Å². The molecule has 2 aromatic heterocycles. The van der Waals surface area contributed by atoms with Gasteiger partial charge in [0.2, 0.25) is 10.0 Å². The van der Waals surface area contributed by atoms with Crippen LogP contribution in [-0.2, 0) is 10.0 Å². The van der Waals surface area contributed by atoms with E-state index in [1.165, 1.54) is 12.4 Å². The van der Waals surface area contributed by atoms with Gasteiger partial charge in [0.25, 0.3) is 5.56 Å². The van der Waals surface area contributed by atoms with Crippen molar-refractivity contribution in [2.45, 2.75) is 18.6 Å². The van der Waals surface area contributed by atoms with Gasteiger partial charge in [-0.3, -0.25) is 4.79 Å². The molecule has 0 saturated carbocycles. The summed E-state index contributed by atoms with van der Waals surface area (Å²) in [6, 6.07) is 3.32. The zero-order valence-electron chi connectivity index (χ0n) is 12.1. The summed E-state index contributed by atoms with van der Waals surface area (Å²) in [5.74, 6) is -0.239. The minimum atomic E-state index is -3.80. The molecule has 1 aliphatic rings. The van der Waals surface area contributed by atoms with Crippen LogP contribution in [0.25, 0.3) is 10.9 Å². The van der Waals surface area contributed by atoms with Crippen LogP contribution in [0.15, 0.2) is 52.0 Å². The number of pyridine rings is 1. The Morgan fingerprint density at radius 3 is 2.77 bits per heavy atom. The second kappa shape index (κ2) is 4.96. The highest BCUT2D eigenvalue weighted by molar-refractivity contribution is 9.11. The molecule has 5 nitrogen and oxygen atoms in total. The van der Waals surface area contributed by atoms with Crippen molar-refractivity contribution in [2.24, 2.45) is 5.92 Å². The maximum atomic E-state index is 13.2. The monoisotopic (exact) mass is 382 g/mol. The molecule has 2 aromatic rings. The smallest absolute Gasteiger partial charge is 0.273 e. The van der Waals surface area contributed by atoms with E-state index >= 15 is 0 Å². The number of rotatable bonds is 2. The predicted octanol–water partition coefficient (Wildman–Crippen LogP) is 2.75. The minimum absolute atomic E-state index is 0.151. The molecule has 116 valence electrons. The van der Waals surface area contributed by atoms with Gasteiger partial charge < -0.3 is 4.98 Å². The molecule has 0 fully saturated rings. The van der Waals surface area contributed by atoms with E-state index in [1.54, 1.807) is 31.2 Å². The highest BCUT2D eigenvalue weighted by Crippen LogP contribution is 2.37. The number of aromatic nitrogens is 2. The van der Waals surface area contributed by atoms with Crippen LogP contribution >= 0.6 is 15.9 Å². The van der Waals surface area contributed by atoms with Crippen LogP contribution in [0.4, 0.5) is 0 Å². The third-order valence-corrected chi connectivity index (χ3v) is 7.25. The Balaban J connectivity index is 2.26. The van der Waals surface area contributed by atoms with Gasteiger partial charge in [0.1, 0.15) is 10.3 Å². The molecule has 7 heteroatoms. The number of hydrogen-bond acceptors (Lipinski definition) is 3. The van der Waals surface area contributed by atoms with Crippen molar-refractivity contribution in [3.8, 4) is 0 Å². The zero-order valence-corrected chi connectivity index (χ0v) is 14.5. The van der Waals surface area contributed by atoms with Crippen molar-refractivity contribution < 1.29 is 8.42 Å². The van der Waals surface area contributed by atoms with Gasteiger partial charge in [-0.2, -0.15) is 0 Å². The number of nitrogens with zero attached hydrogens (tertiary/aromatic N) is 1. The van der Waals surface area contributed by atoms with E-state index in [1.807, 2.05) is 13.0 Å². The number of nitrogens with one attached hydrogen (secondary N) is 1. The molecule has 0 aliphatic heterocycles. The quantitative estimate of drug-likeness (QED) is 0.867. The molecule has 2 unspecified atom stereocenters. The fourth-order valence-electron chi connectivity index (χ4n) is 2.66. The highest BCUT2D eigenvalue weighted by atomic mass is 79.9. The SMILES string of the molecule is CC1C=C(Br)C=CC1(C)S(=O)(=O)n1ccc2cc[nH]c(=O)c21. The Kier molecular flexibility index (Phi) is 3.45. The molecule has 0 spiro atoms. The van der Waals surface area contributed by atoms with Crippen LogP contribution in [0.5, 0.6) is 0 Å². The Bertz CT molecular complexity index is 968. The molecule has 0 aromatic carbocycles. The third kappa shape index (κ3) is 2.03. The number of hydrogen-bond donors (Lipinski definition) is 1. The lowest BCUT2D eigenvalue weighted by atomic mass is 9.91. The van der Waals surface area contributed by atoms with E-state index in [2.05, 4.69) is 20.9 Å². The van der Waals surface area contributed by atoms with Crippen LogP contribution in [-0.4, -0.2) is 22.1 Å². The summed E-state index contributed by atoms with van der Waals surface area (Å²) in [5.41, 5.74) is -0.267. The molecular weight excluding hydrogens is 368 g/mol. The van der Waals surface area contributed by atoms with Crippen molar-refractivity contribution in [3.63, 3.8) is 0 Å². The first-order valence-corrected chi connectivity index (χ1v) is 9.01. The third-order valence-electron chi connectivity index (χ3n) is 4.28. The normalized spacial score (nSPS) is 25.4. The molecule has 1 aliphatic carbocycles. The molecule has 0 bridgehead atoms. The van der Waals surface area contributed by atoms with Crippen molar-refractivity contribution >= 4 is 36.9 Å². The predicted molar refractivity (Wildman–Crippen MR) is 90.6 cm³/mol. The van der Waals surface area contributed by atoms with Crippen LogP contribution in [0, 0.1) is 5.92 Å². The van der Waals surface area contributed by atoms with Crippen molar-refractivity contribution in [3.05, 3.63) is 57.6 Å². The van der Waals surface area contributed by atoms with Gasteiger partial charge in [-0.05, 0) is 19.1 Å². The zero-order chi connectivity index (χ0) is 16.1. The van der Waals surface area contributed by atoms with Crippen molar-refractivity contribution in [2.75, 3.05) is 0 Å².